The number of rotatable bonds is 1. The lowest BCUT2D eigenvalue weighted by atomic mass is 9.76. The summed E-state index contributed by atoms with van der Waals surface area (Å²) in [6.07, 6.45) is 5.90. The number of hydrogen-bond acceptors (Lipinski definition) is 2. The fraction of sp³-hybridized carbons (Fsp3) is 0.923. The molecule has 1 amide bonds. The quantitative estimate of drug-likeness (QED) is 0.741. The van der Waals surface area contributed by atoms with Crippen LogP contribution in [-0.4, -0.2) is 34.6 Å². The molecule has 92 valence electrons. The number of hydrogen-bond donors (Lipinski definition) is 1. The molecule has 3 nitrogen and oxygen atoms in total. The van der Waals surface area contributed by atoms with Crippen molar-refractivity contribution in [2.24, 2.45) is 5.41 Å². The maximum Gasteiger partial charge on any atom is 0.228 e. The Kier molecular flexibility index (Phi) is 2.77. The molecule has 1 heterocycles. The standard InChI is InChI=1S/C13H23NO2/c1-12(2)9-10(14(3)11(12)15)13(16)7-5-4-6-8-13/h10,16H,4-9H2,1-3H3. The van der Waals surface area contributed by atoms with E-state index in [-0.39, 0.29) is 17.4 Å². The van der Waals surface area contributed by atoms with Crippen molar-refractivity contribution in [1.29, 1.82) is 0 Å². The van der Waals surface area contributed by atoms with Crippen LogP contribution in [0.25, 0.3) is 0 Å². The normalized spacial score (nSPS) is 33.1. The second-order valence-electron chi connectivity index (χ2n) is 6.18. The molecule has 1 atom stereocenters. The van der Waals surface area contributed by atoms with Gasteiger partial charge in [-0.05, 0) is 19.3 Å². The van der Waals surface area contributed by atoms with E-state index in [4.69, 9.17) is 0 Å². The minimum Gasteiger partial charge on any atom is -0.388 e. The van der Waals surface area contributed by atoms with Gasteiger partial charge in [0.2, 0.25) is 5.91 Å². The van der Waals surface area contributed by atoms with Crippen molar-refractivity contribution in [2.75, 3.05) is 7.05 Å². The summed E-state index contributed by atoms with van der Waals surface area (Å²) in [5.74, 6) is 0.177. The Morgan fingerprint density at radius 2 is 1.81 bits per heavy atom. The van der Waals surface area contributed by atoms with Crippen LogP contribution in [0, 0.1) is 5.41 Å². The molecule has 2 fully saturated rings. The van der Waals surface area contributed by atoms with Gasteiger partial charge in [-0.1, -0.05) is 33.1 Å². The first-order chi connectivity index (χ1) is 7.37. The Balaban J connectivity index is 2.19. The molecule has 0 radical (unpaired) electrons. The van der Waals surface area contributed by atoms with E-state index >= 15 is 0 Å². The van der Waals surface area contributed by atoms with Gasteiger partial charge in [0.05, 0.1) is 11.6 Å². The first-order valence-electron chi connectivity index (χ1n) is 6.36. The van der Waals surface area contributed by atoms with Gasteiger partial charge in [0.25, 0.3) is 0 Å². The molecule has 1 unspecified atom stereocenters. The Morgan fingerprint density at radius 3 is 2.25 bits per heavy atom. The fourth-order valence-corrected chi connectivity index (χ4v) is 3.37. The Labute approximate surface area is 97.8 Å². The van der Waals surface area contributed by atoms with Crippen molar-refractivity contribution in [1.82, 2.24) is 4.90 Å². The molecule has 3 heteroatoms. The van der Waals surface area contributed by atoms with Crippen LogP contribution in [0.15, 0.2) is 0 Å². The molecule has 2 aliphatic rings. The third-order valence-corrected chi connectivity index (χ3v) is 4.41. The maximum absolute atomic E-state index is 12.0. The zero-order chi connectivity index (χ0) is 12.0. The first kappa shape index (κ1) is 11.9. The molecule has 1 saturated carbocycles. The van der Waals surface area contributed by atoms with Gasteiger partial charge in [-0.15, -0.1) is 0 Å². The topological polar surface area (TPSA) is 40.5 Å². The van der Waals surface area contributed by atoms with Gasteiger partial charge < -0.3 is 10.0 Å². The molecule has 1 aliphatic heterocycles. The van der Waals surface area contributed by atoms with E-state index in [1.165, 1.54) is 6.42 Å². The van der Waals surface area contributed by atoms with Crippen LogP contribution >= 0.6 is 0 Å². The summed E-state index contributed by atoms with van der Waals surface area (Å²) in [7, 11) is 1.84. The molecular weight excluding hydrogens is 202 g/mol. The van der Waals surface area contributed by atoms with Crippen molar-refractivity contribution in [2.45, 2.75) is 64.0 Å². The molecule has 0 aromatic rings. The SMILES string of the molecule is CN1C(=O)C(C)(C)CC1C1(O)CCCCC1. The Morgan fingerprint density at radius 1 is 1.25 bits per heavy atom. The average molecular weight is 225 g/mol. The monoisotopic (exact) mass is 225 g/mol. The number of amides is 1. The molecule has 0 aromatic carbocycles. The van der Waals surface area contributed by atoms with E-state index in [1.807, 2.05) is 20.9 Å². The predicted molar refractivity (Wildman–Crippen MR) is 63.0 cm³/mol. The van der Waals surface area contributed by atoms with Crippen LogP contribution in [0.2, 0.25) is 0 Å². The van der Waals surface area contributed by atoms with Crippen molar-refractivity contribution in [3.8, 4) is 0 Å². The second kappa shape index (κ2) is 3.73. The van der Waals surface area contributed by atoms with Crippen LogP contribution < -0.4 is 0 Å². The van der Waals surface area contributed by atoms with E-state index < -0.39 is 5.60 Å². The van der Waals surface area contributed by atoms with E-state index in [1.54, 1.807) is 4.90 Å². The van der Waals surface area contributed by atoms with Gasteiger partial charge in [-0.3, -0.25) is 4.79 Å². The van der Waals surface area contributed by atoms with E-state index in [0.717, 1.165) is 32.1 Å². The van der Waals surface area contributed by atoms with Crippen LogP contribution in [0.4, 0.5) is 0 Å². The van der Waals surface area contributed by atoms with Crippen molar-refractivity contribution >= 4 is 5.91 Å². The highest BCUT2D eigenvalue weighted by Crippen LogP contribution is 2.43. The van der Waals surface area contributed by atoms with Gasteiger partial charge in [0, 0.05) is 12.5 Å². The largest absolute Gasteiger partial charge is 0.388 e. The highest BCUT2D eigenvalue weighted by atomic mass is 16.3. The second-order valence-corrected chi connectivity index (χ2v) is 6.18. The Bertz CT molecular complexity index is 292. The minimum absolute atomic E-state index is 0.0234. The zero-order valence-corrected chi connectivity index (χ0v) is 10.6. The molecule has 0 aromatic heterocycles. The summed E-state index contributed by atoms with van der Waals surface area (Å²) >= 11 is 0. The first-order valence-corrected chi connectivity index (χ1v) is 6.36. The lowest BCUT2D eigenvalue weighted by Crippen LogP contribution is -2.50. The van der Waals surface area contributed by atoms with Crippen molar-refractivity contribution in [3.63, 3.8) is 0 Å². The number of aliphatic hydroxyl groups is 1. The third-order valence-electron chi connectivity index (χ3n) is 4.41. The lowest BCUT2D eigenvalue weighted by molar-refractivity contribution is -0.137. The average Bonchev–Trinajstić information content (AvgIpc) is 2.44. The lowest BCUT2D eigenvalue weighted by Gasteiger charge is -2.40. The summed E-state index contributed by atoms with van der Waals surface area (Å²) in [4.78, 5) is 13.8. The molecule has 2 rings (SSSR count). The van der Waals surface area contributed by atoms with Gasteiger partial charge in [-0.2, -0.15) is 0 Å². The predicted octanol–water partition coefficient (Wildman–Crippen LogP) is 1.94. The highest BCUT2D eigenvalue weighted by molar-refractivity contribution is 5.84. The summed E-state index contributed by atoms with van der Waals surface area (Å²) in [6, 6.07) is 0.0234. The van der Waals surface area contributed by atoms with Gasteiger partial charge in [0.1, 0.15) is 0 Å². The molecular formula is C13H23NO2. The number of likely N-dealkylation sites (tertiary alicyclic amines) is 1. The van der Waals surface area contributed by atoms with E-state index in [2.05, 4.69) is 0 Å². The molecule has 16 heavy (non-hydrogen) atoms. The summed E-state index contributed by atoms with van der Waals surface area (Å²) in [5.41, 5.74) is -0.928. The molecule has 1 saturated heterocycles. The molecule has 0 bridgehead atoms. The number of carbonyl (C=O) groups is 1. The number of nitrogens with zero attached hydrogens (tertiary/aromatic N) is 1. The van der Waals surface area contributed by atoms with Crippen molar-refractivity contribution in [3.05, 3.63) is 0 Å². The zero-order valence-electron chi connectivity index (χ0n) is 10.6. The van der Waals surface area contributed by atoms with Crippen LogP contribution in [0.5, 0.6) is 0 Å². The smallest absolute Gasteiger partial charge is 0.228 e. The van der Waals surface area contributed by atoms with Gasteiger partial charge >= 0.3 is 0 Å². The van der Waals surface area contributed by atoms with E-state index in [0.29, 0.717) is 0 Å². The maximum atomic E-state index is 12.0. The molecule has 1 aliphatic carbocycles. The van der Waals surface area contributed by atoms with Gasteiger partial charge in [0.15, 0.2) is 0 Å². The summed E-state index contributed by atoms with van der Waals surface area (Å²) in [5, 5.41) is 10.7. The molecule has 1 N–H and O–H groups in total. The minimum atomic E-state index is -0.629. The molecule has 0 spiro atoms. The van der Waals surface area contributed by atoms with Crippen molar-refractivity contribution < 1.29 is 9.90 Å². The third kappa shape index (κ3) is 1.75. The Hall–Kier alpha value is -0.570. The van der Waals surface area contributed by atoms with Crippen LogP contribution in [-0.2, 0) is 4.79 Å². The van der Waals surface area contributed by atoms with Gasteiger partial charge in [-0.25, -0.2) is 0 Å². The van der Waals surface area contributed by atoms with E-state index in [9.17, 15) is 9.90 Å². The van der Waals surface area contributed by atoms with Crippen LogP contribution in [0.3, 0.4) is 0 Å². The number of carbonyl (C=O) groups excluding carboxylic acids is 1. The summed E-state index contributed by atoms with van der Waals surface area (Å²) < 4.78 is 0. The summed E-state index contributed by atoms with van der Waals surface area (Å²) in [6.45, 7) is 3.97. The number of likely N-dealkylation sites (N-methyl/N-ethyl adjacent to an activating group) is 1. The fourth-order valence-electron chi connectivity index (χ4n) is 3.37. The highest BCUT2D eigenvalue weighted by Gasteiger charge is 2.51. The van der Waals surface area contributed by atoms with Crippen LogP contribution in [0.1, 0.15) is 52.4 Å².